The van der Waals surface area contributed by atoms with Gasteiger partial charge in [0.05, 0.1) is 12.0 Å². The Bertz CT molecular complexity index is 1510. The van der Waals surface area contributed by atoms with Crippen molar-refractivity contribution in [3.63, 3.8) is 0 Å². The number of hydrogen-bond donors (Lipinski definition) is 2. The number of rotatable bonds is 7. The van der Waals surface area contributed by atoms with Crippen LogP contribution in [-0.4, -0.2) is 39.1 Å². The van der Waals surface area contributed by atoms with Crippen LogP contribution in [0.15, 0.2) is 54.6 Å². The maximum atomic E-state index is 14.7. The van der Waals surface area contributed by atoms with Gasteiger partial charge < -0.3 is 15.3 Å². The molecule has 1 saturated carbocycles. The Morgan fingerprint density at radius 1 is 1.00 bits per heavy atom. The number of carbonyl (C=O) groups excluding carboxylic acids is 3. The molecule has 3 aromatic rings. The predicted molar refractivity (Wildman–Crippen MR) is 160 cm³/mol. The normalized spacial score (nSPS) is 24.1. The van der Waals surface area contributed by atoms with Crippen LogP contribution < -0.4 is 5.32 Å². The molecule has 2 fully saturated rings. The number of carbonyl (C=O) groups is 4. The van der Waals surface area contributed by atoms with E-state index in [1.165, 1.54) is 23.2 Å². The summed E-state index contributed by atoms with van der Waals surface area (Å²) in [6.07, 6.45) is 2.29. The molecule has 7 nitrogen and oxygen atoms in total. The van der Waals surface area contributed by atoms with E-state index >= 15 is 0 Å². The average molecular weight is 593 g/mol. The second-order valence-electron chi connectivity index (χ2n) is 11.3. The molecule has 2 N–H and O–H groups in total. The van der Waals surface area contributed by atoms with Gasteiger partial charge in [0, 0.05) is 44.8 Å². The lowest BCUT2D eigenvalue weighted by Crippen LogP contribution is -2.56. The Labute approximate surface area is 248 Å². The van der Waals surface area contributed by atoms with Crippen LogP contribution in [0.3, 0.4) is 0 Å². The SMILES string of the molecule is CC(=O)Nc1ccc(C2C(C(=O)c3cc(C)sc3C)C(c3ccc(Cl)cc3)N(C(=O)C3CCC3)C2(C)C(=O)O)cc1. The van der Waals surface area contributed by atoms with Crippen LogP contribution in [0.5, 0.6) is 0 Å². The summed E-state index contributed by atoms with van der Waals surface area (Å²) in [7, 11) is 0. The van der Waals surface area contributed by atoms with Crippen LogP contribution >= 0.6 is 22.9 Å². The topological polar surface area (TPSA) is 104 Å². The molecule has 0 radical (unpaired) electrons. The third-order valence-electron chi connectivity index (χ3n) is 8.62. The molecule has 9 heteroatoms. The number of likely N-dealkylation sites (tertiary alicyclic amines) is 1. The first-order valence-electron chi connectivity index (χ1n) is 13.7. The van der Waals surface area contributed by atoms with Gasteiger partial charge in [-0.1, -0.05) is 42.3 Å². The number of aliphatic carboxylic acids is 1. The molecule has 1 aliphatic carbocycles. The number of nitrogens with zero attached hydrogens (tertiary/aromatic N) is 1. The van der Waals surface area contributed by atoms with E-state index in [0.29, 0.717) is 40.2 Å². The molecular weight excluding hydrogens is 560 g/mol. The van der Waals surface area contributed by atoms with Crippen molar-refractivity contribution in [2.24, 2.45) is 11.8 Å². The van der Waals surface area contributed by atoms with E-state index in [1.54, 1.807) is 55.5 Å². The number of carboxylic acid groups (broad SMARTS) is 1. The maximum Gasteiger partial charge on any atom is 0.330 e. The largest absolute Gasteiger partial charge is 0.479 e. The molecule has 5 rings (SSSR count). The molecular formula is C32H33ClN2O5S. The van der Waals surface area contributed by atoms with Crippen molar-refractivity contribution in [1.82, 2.24) is 4.90 Å². The number of amides is 2. The highest BCUT2D eigenvalue weighted by Crippen LogP contribution is 2.58. The number of halogens is 1. The van der Waals surface area contributed by atoms with E-state index in [1.807, 2.05) is 19.9 Å². The van der Waals surface area contributed by atoms with Crippen molar-refractivity contribution < 1.29 is 24.3 Å². The second-order valence-corrected chi connectivity index (χ2v) is 13.2. The summed E-state index contributed by atoms with van der Waals surface area (Å²) in [6, 6.07) is 14.9. The van der Waals surface area contributed by atoms with Gasteiger partial charge in [-0.05, 0) is 75.1 Å². The van der Waals surface area contributed by atoms with Gasteiger partial charge in [-0.3, -0.25) is 14.4 Å². The highest BCUT2D eigenvalue weighted by atomic mass is 35.5. The van der Waals surface area contributed by atoms with Crippen molar-refractivity contribution in [1.29, 1.82) is 0 Å². The minimum Gasteiger partial charge on any atom is -0.479 e. The average Bonchev–Trinajstić information content (AvgIpc) is 3.37. The van der Waals surface area contributed by atoms with Gasteiger partial charge in [0.15, 0.2) is 5.78 Å². The lowest BCUT2D eigenvalue weighted by Gasteiger charge is -2.41. The molecule has 2 heterocycles. The van der Waals surface area contributed by atoms with Crippen LogP contribution in [0.4, 0.5) is 5.69 Å². The van der Waals surface area contributed by atoms with Gasteiger partial charge in [0.2, 0.25) is 11.8 Å². The zero-order valence-corrected chi connectivity index (χ0v) is 25.0. The first-order valence-corrected chi connectivity index (χ1v) is 14.9. The number of carboxylic acids is 1. The molecule has 41 heavy (non-hydrogen) atoms. The number of benzene rings is 2. The molecule has 1 saturated heterocycles. The fourth-order valence-corrected chi connectivity index (χ4v) is 7.52. The summed E-state index contributed by atoms with van der Waals surface area (Å²) in [6.45, 7) is 6.81. The Morgan fingerprint density at radius 2 is 1.61 bits per heavy atom. The molecule has 0 bridgehead atoms. The molecule has 4 unspecified atom stereocenters. The zero-order valence-electron chi connectivity index (χ0n) is 23.4. The van der Waals surface area contributed by atoms with E-state index in [-0.39, 0.29) is 23.5 Å². The predicted octanol–water partition coefficient (Wildman–Crippen LogP) is 6.79. The highest BCUT2D eigenvalue weighted by molar-refractivity contribution is 7.12. The Morgan fingerprint density at radius 3 is 2.10 bits per heavy atom. The monoisotopic (exact) mass is 592 g/mol. The third kappa shape index (κ3) is 5.08. The van der Waals surface area contributed by atoms with Gasteiger partial charge in [-0.2, -0.15) is 0 Å². The highest BCUT2D eigenvalue weighted by Gasteiger charge is 2.65. The fraction of sp³-hybridized carbons (Fsp3) is 0.375. The number of nitrogens with one attached hydrogen (secondary N) is 1. The lowest BCUT2D eigenvalue weighted by molar-refractivity contribution is -0.161. The van der Waals surface area contributed by atoms with Gasteiger partial charge >= 0.3 is 5.97 Å². The van der Waals surface area contributed by atoms with Crippen molar-refractivity contribution in [2.45, 2.75) is 64.5 Å². The lowest BCUT2D eigenvalue weighted by atomic mass is 9.71. The van der Waals surface area contributed by atoms with Crippen LogP contribution in [0.1, 0.15) is 76.3 Å². The van der Waals surface area contributed by atoms with Crippen LogP contribution in [-0.2, 0) is 14.4 Å². The van der Waals surface area contributed by atoms with Crippen LogP contribution in [0.25, 0.3) is 0 Å². The molecule has 4 atom stereocenters. The summed E-state index contributed by atoms with van der Waals surface area (Å²) in [5.41, 5.74) is 0.637. The first-order chi connectivity index (χ1) is 19.4. The van der Waals surface area contributed by atoms with Gasteiger partial charge in [0.25, 0.3) is 0 Å². The van der Waals surface area contributed by atoms with Gasteiger partial charge in [-0.25, -0.2) is 4.79 Å². The molecule has 1 aliphatic heterocycles. The number of ketones is 1. The number of anilines is 1. The van der Waals surface area contributed by atoms with Gasteiger partial charge in [-0.15, -0.1) is 11.3 Å². The molecule has 1 aromatic heterocycles. The van der Waals surface area contributed by atoms with E-state index in [4.69, 9.17) is 11.6 Å². The minimum atomic E-state index is -1.73. The Hall–Kier alpha value is -3.49. The third-order valence-corrected chi connectivity index (χ3v) is 9.84. The van der Waals surface area contributed by atoms with Crippen molar-refractivity contribution >= 4 is 52.2 Å². The van der Waals surface area contributed by atoms with Crippen LogP contribution in [0.2, 0.25) is 5.02 Å². The smallest absolute Gasteiger partial charge is 0.330 e. The van der Waals surface area contributed by atoms with E-state index in [9.17, 15) is 24.3 Å². The number of thiophene rings is 1. The number of aryl methyl sites for hydroxylation is 2. The summed E-state index contributed by atoms with van der Waals surface area (Å²) in [5.74, 6) is -3.89. The fourth-order valence-electron chi connectivity index (χ4n) is 6.46. The number of Topliss-reactive ketones (excluding diaryl/α,β-unsaturated/α-hetero) is 1. The molecule has 214 valence electrons. The quantitative estimate of drug-likeness (QED) is 0.294. The molecule has 2 amide bonds. The minimum absolute atomic E-state index is 0.195. The van der Waals surface area contributed by atoms with E-state index in [2.05, 4.69) is 5.32 Å². The standard InChI is InChI=1S/C32H33ClN2O5S/c1-17-16-25(18(2)41-17)29(37)26-27(20-10-14-24(15-11-20)34-19(3)36)32(4,31(39)40)35(30(38)22-6-5-7-22)28(26)21-8-12-23(33)13-9-21/h8-16,22,26-28H,5-7H2,1-4H3,(H,34,36)(H,39,40). The number of hydrogen-bond acceptors (Lipinski definition) is 5. The van der Waals surface area contributed by atoms with Crippen molar-refractivity contribution in [2.75, 3.05) is 5.32 Å². The van der Waals surface area contributed by atoms with E-state index < -0.39 is 29.4 Å². The van der Waals surface area contributed by atoms with Crippen molar-refractivity contribution in [3.05, 3.63) is 86.1 Å². The molecule has 2 aromatic carbocycles. The maximum absolute atomic E-state index is 14.7. The van der Waals surface area contributed by atoms with Crippen molar-refractivity contribution in [3.8, 4) is 0 Å². The zero-order chi connectivity index (χ0) is 29.6. The Kier molecular flexibility index (Phi) is 7.83. The summed E-state index contributed by atoms with van der Waals surface area (Å²) in [5, 5.41) is 14.2. The van der Waals surface area contributed by atoms with Crippen LogP contribution in [0, 0.1) is 25.7 Å². The second kappa shape index (κ2) is 11.1. The Balaban J connectivity index is 1.77. The molecule has 2 aliphatic rings. The van der Waals surface area contributed by atoms with Gasteiger partial charge in [0.1, 0.15) is 5.54 Å². The summed E-state index contributed by atoms with van der Waals surface area (Å²) < 4.78 is 0. The summed E-state index contributed by atoms with van der Waals surface area (Å²) >= 11 is 7.74. The molecule has 0 spiro atoms. The first kappa shape index (κ1) is 29.0. The summed E-state index contributed by atoms with van der Waals surface area (Å²) in [4.78, 5) is 57.2. The van der Waals surface area contributed by atoms with E-state index in [0.717, 1.165) is 16.2 Å².